The number of aromatic nitrogens is 1. The van der Waals surface area contributed by atoms with Gasteiger partial charge >= 0.3 is 0 Å². The Hall–Kier alpha value is -3.33. The number of carbonyl (C=O) groups excluding carboxylic acids is 1. The van der Waals surface area contributed by atoms with Crippen LogP contribution in [0.5, 0.6) is 5.75 Å². The van der Waals surface area contributed by atoms with Crippen LogP contribution in [0, 0.1) is 11.6 Å². The number of fused-ring (bicyclic) bond motifs is 1. The van der Waals surface area contributed by atoms with Gasteiger partial charge in [-0.15, -0.1) is 11.3 Å². The van der Waals surface area contributed by atoms with Crippen molar-refractivity contribution < 1.29 is 18.3 Å². The Balaban J connectivity index is 1.87. The molecule has 1 amide bonds. The molecule has 0 unspecified atom stereocenters. The minimum Gasteiger partial charge on any atom is -0.482 e. The number of rotatable bonds is 7. The largest absolute Gasteiger partial charge is 0.482 e. The Morgan fingerprint density at radius 1 is 1.15 bits per heavy atom. The molecule has 1 N–H and O–H groups in total. The van der Waals surface area contributed by atoms with E-state index in [1.807, 2.05) is 17.5 Å². The fraction of sp³-hybridized carbons (Fsp3) is 0.292. The molecule has 0 bridgehead atoms. The summed E-state index contributed by atoms with van der Waals surface area (Å²) in [5.41, 5.74) is 3.17. The van der Waals surface area contributed by atoms with Gasteiger partial charge in [-0.3, -0.25) is 4.79 Å². The molecule has 0 fully saturated rings. The molecule has 4 rings (SSSR count). The van der Waals surface area contributed by atoms with Crippen LogP contribution in [-0.2, 0) is 4.79 Å². The van der Waals surface area contributed by atoms with Crippen LogP contribution in [0.3, 0.4) is 0 Å². The van der Waals surface area contributed by atoms with Gasteiger partial charge in [0, 0.05) is 22.7 Å². The number of amides is 1. The molecule has 0 aliphatic carbocycles. The number of hydrogen-bond acceptors (Lipinski definition) is 5. The van der Waals surface area contributed by atoms with Gasteiger partial charge < -0.3 is 10.1 Å². The summed E-state index contributed by atoms with van der Waals surface area (Å²) < 4.78 is 34.8. The fourth-order valence-corrected chi connectivity index (χ4v) is 4.38. The van der Waals surface area contributed by atoms with E-state index < -0.39 is 11.6 Å². The number of halogens is 2. The van der Waals surface area contributed by atoms with Gasteiger partial charge in [0.1, 0.15) is 17.3 Å². The number of nitrogens with one attached hydrogen (secondary N) is 1. The predicted molar refractivity (Wildman–Crippen MR) is 126 cm³/mol. The van der Waals surface area contributed by atoms with Crippen LogP contribution in [0.15, 0.2) is 51.9 Å². The molecule has 2 heterocycles. The Kier molecular flexibility index (Phi) is 6.98. The molecule has 33 heavy (non-hydrogen) atoms. The highest BCUT2D eigenvalue weighted by atomic mass is 32.1. The molecule has 9 heteroatoms. The molecule has 6 nitrogen and oxygen atoms in total. The average molecular weight is 471 g/mol. The zero-order valence-corrected chi connectivity index (χ0v) is 19.2. The molecule has 172 valence electrons. The van der Waals surface area contributed by atoms with Crippen molar-refractivity contribution in [2.75, 3.05) is 11.9 Å². The molecular formula is C24H24F2N4O2S. The Morgan fingerprint density at radius 3 is 2.67 bits per heavy atom. The van der Waals surface area contributed by atoms with Crippen molar-refractivity contribution in [1.29, 1.82) is 0 Å². The molecule has 1 aliphatic heterocycles. The van der Waals surface area contributed by atoms with Gasteiger partial charge in [-0.25, -0.2) is 18.4 Å². The molecule has 0 spiro atoms. The predicted octanol–water partition coefficient (Wildman–Crippen LogP) is 5.86. The van der Waals surface area contributed by atoms with Crippen molar-refractivity contribution in [3.05, 3.63) is 58.2 Å². The van der Waals surface area contributed by atoms with E-state index in [0.29, 0.717) is 16.2 Å². The number of benzene rings is 2. The lowest BCUT2D eigenvalue weighted by Crippen LogP contribution is -2.25. The van der Waals surface area contributed by atoms with Crippen molar-refractivity contribution in [3.8, 4) is 17.0 Å². The van der Waals surface area contributed by atoms with Crippen LogP contribution in [-0.4, -0.2) is 22.9 Å². The summed E-state index contributed by atoms with van der Waals surface area (Å²) in [4.78, 5) is 16.7. The molecule has 0 saturated heterocycles. The maximum Gasteiger partial charge on any atom is 0.262 e. The number of thiazole rings is 1. The second-order valence-corrected chi connectivity index (χ2v) is 8.47. The van der Waals surface area contributed by atoms with Gasteiger partial charge in [0.25, 0.3) is 5.91 Å². The first-order chi connectivity index (χ1) is 16.0. The summed E-state index contributed by atoms with van der Waals surface area (Å²) in [6.07, 6.45) is 3.55. The monoisotopic (exact) mass is 470 g/mol. The molecule has 0 saturated carbocycles. The van der Waals surface area contributed by atoms with Gasteiger partial charge in [0.05, 0.1) is 11.4 Å². The topological polar surface area (TPSA) is 68.0 Å². The van der Waals surface area contributed by atoms with Crippen LogP contribution >= 0.6 is 11.3 Å². The van der Waals surface area contributed by atoms with E-state index in [-0.39, 0.29) is 18.2 Å². The first-order valence-corrected chi connectivity index (χ1v) is 11.7. The molecular weight excluding hydrogens is 446 g/mol. The lowest BCUT2D eigenvalue weighted by Gasteiger charge is -2.18. The van der Waals surface area contributed by atoms with E-state index in [1.54, 1.807) is 10.7 Å². The van der Waals surface area contributed by atoms with Gasteiger partial charge in [0.15, 0.2) is 12.4 Å². The van der Waals surface area contributed by atoms with Crippen molar-refractivity contribution in [3.63, 3.8) is 0 Å². The number of nitrogens with zero attached hydrogens (tertiary/aromatic N) is 3. The minimum absolute atomic E-state index is 0.0151. The second-order valence-electron chi connectivity index (χ2n) is 7.64. The average Bonchev–Trinajstić information content (AvgIpc) is 3.17. The summed E-state index contributed by atoms with van der Waals surface area (Å²) in [5, 5.41) is 9.58. The standard InChI is InChI=1S/C24H24F2N4O2S/c1-3-5-17(6-4-2)29-30-21(15-7-10-22-20(11-15)27-23(31)13-32-22)14-33-24(30)28-19-9-8-16(25)12-18(19)26/h7-12,14H,3-6,13H2,1-2H3,(H,27,31). The molecule has 0 radical (unpaired) electrons. The van der Waals surface area contributed by atoms with Crippen LogP contribution < -0.4 is 14.9 Å². The van der Waals surface area contributed by atoms with Gasteiger partial charge in [0.2, 0.25) is 4.80 Å². The third-order valence-electron chi connectivity index (χ3n) is 5.04. The van der Waals surface area contributed by atoms with E-state index in [4.69, 9.17) is 9.84 Å². The van der Waals surface area contributed by atoms with E-state index >= 15 is 0 Å². The van der Waals surface area contributed by atoms with Crippen LogP contribution in [0.1, 0.15) is 39.5 Å². The maximum absolute atomic E-state index is 14.3. The first-order valence-electron chi connectivity index (χ1n) is 10.8. The number of hydrogen-bond donors (Lipinski definition) is 1. The summed E-state index contributed by atoms with van der Waals surface area (Å²) >= 11 is 1.31. The van der Waals surface area contributed by atoms with Crippen molar-refractivity contribution in [2.24, 2.45) is 10.1 Å². The Labute approximate surface area is 194 Å². The zero-order valence-electron chi connectivity index (χ0n) is 18.4. The molecule has 0 atom stereocenters. The van der Waals surface area contributed by atoms with Crippen molar-refractivity contribution >= 4 is 34.3 Å². The Morgan fingerprint density at radius 2 is 1.94 bits per heavy atom. The second kappa shape index (κ2) is 10.1. The molecule has 1 aromatic heterocycles. The third-order valence-corrected chi connectivity index (χ3v) is 5.85. The van der Waals surface area contributed by atoms with E-state index in [2.05, 4.69) is 24.2 Å². The minimum atomic E-state index is -0.739. The maximum atomic E-state index is 14.3. The van der Waals surface area contributed by atoms with Crippen molar-refractivity contribution in [2.45, 2.75) is 39.5 Å². The summed E-state index contributed by atoms with van der Waals surface area (Å²) in [7, 11) is 0. The summed E-state index contributed by atoms with van der Waals surface area (Å²) in [6, 6.07) is 8.80. The lowest BCUT2D eigenvalue weighted by molar-refractivity contribution is -0.118. The quantitative estimate of drug-likeness (QED) is 0.439. The van der Waals surface area contributed by atoms with Gasteiger partial charge in [-0.1, -0.05) is 26.7 Å². The number of ether oxygens (including phenoxy) is 1. The van der Waals surface area contributed by atoms with Crippen LogP contribution in [0.25, 0.3) is 11.3 Å². The van der Waals surface area contributed by atoms with Crippen LogP contribution in [0.4, 0.5) is 20.2 Å². The highest BCUT2D eigenvalue weighted by Gasteiger charge is 2.18. The summed E-state index contributed by atoms with van der Waals surface area (Å²) in [5.74, 6) is -1.02. The molecule has 1 aliphatic rings. The molecule has 3 aromatic rings. The number of anilines is 1. The van der Waals surface area contributed by atoms with E-state index in [1.165, 1.54) is 23.5 Å². The number of carbonyl (C=O) groups is 1. The fourth-order valence-electron chi connectivity index (χ4n) is 3.53. The van der Waals surface area contributed by atoms with Gasteiger partial charge in [-0.2, -0.15) is 5.10 Å². The highest BCUT2D eigenvalue weighted by Crippen LogP contribution is 2.33. The third kappa shape index (κ3) is 5.19. The highest BCUT2D eigenvalue weighted by molar-refractivity contribution is 7.07. The first kappa shape index (κ1) is 22.8. The smallest absolute Gasteiger partial charge is 0.262 e. The van der Waals surface area contributed by atoms with Crippen molar-refractivity contribution in [1.82, 2.24) is 4.68 Å². The normalized spacial score (nSPS) is 13.3. The lowest BCUT2D eigenvalue weighted by atomic mass is 10.1. The van der Waals surface area contributed by atoms with Gasteiger partial charge in [-0.05, 0) is 43.2 Å². The SMILES string of the molecule is CCCC(CCC)=Nn1c(-c2ccc3c(c2)NC(=O)CO3)csc1=Nc1ccc(F)cc1F. The Bertz CT molecular complexity index is 1270. The van der Waals surface area contributed by atoms with Crippen LogP contribution in [0.2, 0.25) is 0 Å². The zero-order chi connectivity index (χ0) is 23.4. The van der Waals surface area contributed by atoms with E-state index in [0.717, 1.165) is 48.7 Å². The molecule has 2 aromatic carbocycles. The van der Waals surface area contributed by atoms with E-state index in [9.17, 15) is 13.6 Å². The summed E-state index contributed by atoms with van der Waals surface area (Å²) in [6.45, 7) is 4.17.